The number of hydrogen-bond acceptors (Lipinski definition) is 1. The highest BCUT2D eigenvalue weighted by molar-refractivity contribution is 5.79. The maximum absolute atomic E-state index is 11.7. The van der Waals surface area contributed by atoms with Gasteiger partial charge in [-0.05, 0) is 31.4 Å². The second-order valence-corrected chi connectivity index (χ2v) is 4.00. The minimum Gasteiger partial charge on any atom is -0.306 e. The van der Waals surface area contributed by atoms with Gasteiger partial charge in [-0.15, -0.1) is 0 Å². The number of imidazole rings is 1. The van der Waals surface area contributed by atoms with Gasteiger partial charge < -0.3 is 4.98 Å². The van der Waals surface area contributed by atoms with Gasteiger partial charge >= 0.3 is 5.69 Å². The van der Waals surface area contributed by atoms with E-state index < -0.39 is 0 Å². The van der Waals surface area contributed by atoms with Gasteiger partial charge in [-0.1, -0.05) is 12.1 Å². The summed E-state index contributed by atoms with van der Waals surface area (Å²) in [6, 6.07) is 6.43. The largest absolute Gasteiger partial charge is 0.326 e. The highest BCUT2D eigenvalue weighted by Crippen LogP contribution is 2.36. The molecule has 0 saturated heterocycles. The highest BCUT2D eigenvalue weighted by Gasteiger charge is 2.27. The van der Waals surface area contributed by atoms with Crippen molar-refractivity contribution < 1.29 is 1.43 Å². The number of aryl methyl sites for hydroxylation is 1. The maximum Gasteiger partial charge on any atom is 0.326 e. The van der Waals surface area contributed by atoms with E-state index in [1.165, 1.54) is 5.56 Å². The lowest BCUT2D eigenvalue weighted by Gasteiger charge is -2.01. The van der Waals surface area contributed by atoms with Crippen LogP contribution in [0.2, 0.25) is 0 Å². The third-order valence-corrected chi connectivity index (χ3v) is 2.85. The van der Waals surface area contributed by atoms with E-state index in [0.717, 1.165) is 23.9 Å². The molecule has 3 nitrogen and oxygen atoms in total. The maximum atomic E-state index is 11.7. The van der Waals surface area contributed by atoms with Gasteiger partial charge in [0.15, 0.2) is 0 Å². The zero-order valence-corrected chi connectivity index (χ0v) is 8.08. The van der Waals surface area contributed by atoms with Gasteiger partial charge in [0.2, 0.25) is 0 Å². The number of para-hydroxylation sites is 1. The average Bonchev–Trinajstić information content (AvgIpc) is 2.90. The average molecular weight is 190 g/mol. The Morgan fingerprint density at radius 2 is 2.29 bits per heavy atom. The molecule has 0 unspecified atom stereocenters. The van der Waals surface area contributed by atoms with E-state index in [4.69, 9.17) is 0 Å². The Kier molecular flexibility index (Phi) is 1.40. The smallest absolute Gasteiger partial charge is 0.306 e. The van der Waals surface area contributed by atoms with E-state index in [-0.39, 0.29) is 7.12 Å². The molecule has 1 fully saturated rings. The number of benzene rings is 1. The molecule has 0 aliphatic heterocycles. The van der Waals surface area contributed by atoms with E-state index in [0.29, 0.717) is 6.04 Å². The third kappa shape index (κ3) is 0.953. The fraction of sp³-hybridized carbons (Fsp3) is 0.364. The summed E-state index contributed by atoms with van der Waals surface area (Å²) < 4.78 is 1.91. The predicted molar refractivity (Wildman–Crippen MR) is 57.7 cm³/mol. The van der Waals surface area contributed by atoms with E-state index >= 15 is 0 Å². The molecule has 0 radical (unpaired) electrons. The number of hydrogen-bond donors (Lipinski definition) is 1. The van der Waals surface area contributed by atoms with Crippen molar-refractivity contribution in [2.24, 2.45) is 0 Å². The fourth-order valence-corrected chi connectivity index (χ4v) is 2.04. The summed E-state index contributed by atoms with van der Waals surface area (Å²) in [5, 5.41) is 0. The molecule has 1 heterocycles. The van der Waals surface area contributed by atoms with Crippen LogP contribution in [0.1, 0.15) is 25.9 Å². The van der Waals surface area contributed by atoms with Gasteiger partial charge in [-0.25, -0.2) is 4.79 Å². The molecular weight excluding hydrogens is 176 g/mol. The Balaban J connectivity index is 0.000000853. The molecule has 0 amide bonds. The predicted octanol–water partition coefficient (Wildman–Crippen LogP) is 2.22. The van der Waals surface area contributed by atoms with Gasteiger partial charge in [0.05, 0.1) is 11.0 Å². The number of nitrogens with one attached hydrogen (secondary N) is 1. The van der Waals surface area contributed by atoms with Gasteiger partial charge in [-0.3, -0.25) is 4.57 Å². The van der Waals surface area contributed by atoms with Crippen molar-refractivity contribution in [3.63, 3.8) is 0 Å². The highest BCUT2D eigenvalue weighted by atomic mass is 16.1. The van der Waals surface area contributed by atoms with Crippen molar-refractivity contribution in [2.45, 2.75) is 25.8 Å². The topological polar surface area (TPSA) is 37.8 Å². The minimum absolute atomic E-state index is 0. The Morgan fingerprint density at radius 1 is 1.50 bits per heavy atom. The molecule has 0 atom stereocenters. The molecule has 0 bridgehead atoms. The quantitative estimate of drug-likeness (QED) is 0.735. The molecule has 3 heteroatoms. The molecule has 1 aromatic heterocycles. The van der Waals surface area contributed by atoms with Gasteiger partial charge in [-0.2, -0.15) is 0 Å². The van der Waals surface area contributed by atoms with Crippen LogP contribution >= 0.6 is 0 Å². The van der Waals surface area contributed by atoms with E-state index in [9.17, 15) is 4.79 Å². The number of aromatic nitrogens is 2. The third-order valence-electron chi connectivity index (χ3n) is 2.85. The van der Waals surface area contributed by atoms with Crippen LogP contribution in [0.3, 0.4) is 0 Å². The first-order valence-electron chi connectivity index (χ1n) is 4.97. The first-order chi connectivity index (χ1) is 6.77. The number of aromatic amines is 1. The zero-order chi connectivity index (χ0) is 9.71. The lowest BCUT2D eigenvalue weighted by atomic mass is 10.2. The van der Waals surface area contributed by atoms with Crippen LogP contribution in [-0.2, 0) is 0 Å². The number of H-pyrrole nitrogens is 1. The Labute approximate surface area is 82.9 Å². The molecule has 0 spiro atoms. The summed E-state index contributed by atoms with van der Waals surface area (Å²) in [7, 11) is 0. The van der Waals surface area contributed by atoms with E-state index in [1.54, 1.807) is 0 Å². The lowest BCUT2D eigenvalue weighted by Crippen LogP contribution is -2.15. The molecule has 1 aliphatic rings. The zero-order valence-electron chi connectivity index (χ0n) is 8.08. The molecular formula is C11H14N2O. The summed E-state index contributed by atoms with van der Waals surface area (Å²) in [5.74, 6) is 0. The molecule has 3 rings (SSSR count). The summed E-state index contributed by atoms with van der Waals surface area (Å²) in [6.07, 6.45) is 2.28. The van der Waals surface area contributed by atoms with Crippen LogP contribution in [0.5, 0.6) is 0 Å². The molecule has 1 aromatic carbocycles. The summed E-state index contributed by atoms with van der Waals surface area (Å²) in [5.41, 5.74) is 3.26. The summed E-state index contributed by atoms with van der Waals surface area (Å²) in [4.78, 5) is 14.6. The first kappa shape index (κ1) is 7.85. The summed E-state index contributed by atoms with van der Waals surface area (Å²) in [6.45, 7) is 2.05. The van der Waals surface area contributed by atoms with E-state index in [2.05, 4.69) is 18.0 Å². The molecule has 1 saturated carbocycles. The van der Waals surface area contributed by atoms with Crippen LogP contribution in [0.4, 0.5) is 0 Å². The van der Waals surface area contributed by atoms with Crippen molar-refractivity contribution in [2.75, 3.05) is 0 Å². The number of nitrogens with zero attached hydrogens (tertiary/aromatic N) is 1. The Morgan fingerprint density at radius 3 is 3.00 bits per heavy atom. The van der Waals surface area contributed by atoms with Crippen LogP contribution in [0, 0.1) is 6.92 Å². The standard InChI is InChI=1S/C11H12N2O.H2/c1-7-3-2-4-9-10(7)13(8-5-6-8)11(14)12-9;/h2-4,8H,5-6H2,1H3,(H,12,14);1H. The minimum atomic E-state index is 0. The molecule has 1 aliphatic carbocycles. The Bertz CT molecular complexity index is 551. The Hall–Kier alpha value is -1.51. The van der Waals surface area contributed by atoms with E-state index in [1.807, 2.05) is 16.7 Å². The van der Waals surface area contributed by atoms with Crippen molar-refractivity contribution in [3.8, 4) is 0 Å². The van der Waals surface area contributed by atoms with Crippen molar-refractivity contribution in [1.82, 2.24) is 9.55 Å². The molecule has 1 N–H and O–H groups in total. The SMILES string of the molecule is Cc1cccc2[nH]c(=O)n(C3CC3)c12.[HH]. The van der Waals surface area contributed by atoms with Crippen molar-refractivity contribution >= 4 is 11.0 Å². The number of fused-ring (bicyclic) bond motifs is 1. The fourth-order valence-electron chi connectivity index (χ4n) is 2.04. The van der Waals surface area contributed by atoms with Gasteiger partial charge in [0, 0.05) is 7.47 Å². The monoisotopic (exact) mass is 190 g/mol. The van der Waals surface area contributed by atoms with Crippen LogP contribution in [-0.4, -0.2) is 9.55 Å². The normalized spacial score (nSPS) is 16.4. The molecule has 74 valence electrons. The van der Waals surface area contributed by atoms with Crippen LogP contribution < -0.4 is 5.69 Å². The first-order valence-corrected chi connectivity index (χ1v) is 4.97. The molecule has 14 heavy (non-hydrogen) atoms. The van der Waals surface area contributed by atoms with Crippen LogP contribution in [0.15, 0.2) is 23.0 Å². The second-order valence-electron chi connectivity index (χ2n) is 4.00. The van der Waals surface area contributed by atoms with Crippen molar-refractivity contribution in [3.05, 3.63) is 34.2 Å². The van der Waals surface area contributed by atoms with Crippen molar-refractivity contribution in [1.29, 1.82) is 0 Å². The lowest BCUT2D eigenvalue weighted by molar-refractivity contribution is 0.732. The summed E-state index contributed by atoms with van der Waals surface area (Å²) >= 11 is 0. The molecule has 2 aromatic rings. The van der Waals surface area contributed by atoms with Gasteiger partial charge in [0.1, 0.15) is 0 Å². The second kappa shape index (κ2) is 2.50. The van der Waals surface area contributed by atoms with Crippen LogP contribution in [0.25, 0.3) is 11.0 Å². The van der Waals surface area contributed by atoms with Gasteiger partial charge in [0.25, 0.3) is 0 Å². The number of rotatable bonds is 1.